The maximum absolute atomic E-state index is 12.8. The standard InChI is InChI=1S/C19H16O3/c1-12(2)16(17(20)13-8-4-3-5-9-13)18-14-10-6-7-11-15(14)19(21)22-18/h3-12H,1-2H3/b18-16-. The van der Waals surface area contributed by atoms with Crippen LogP contribution in [0.2, 0.25) is 0 Å². The number of Topliss-reactive ketones (excluding diaryl/α,β-unsaturated/α-hetero) is 1. The molecule has 110 valence electrons. The number of fused-ring (bicyclic) bond motifs is 1. The molecule has 3 nitrogen and oxygen atoms in total. The van der Waals surface area contributed by atoms with Crippen molar-refractivity contribution in [2.75, 3.05) is 0 Å². The predicted octanol–water partition coefficient (Wildman–Crippen LogP) is 4.11. The van der Waals surface area contributed by atoms with Crippen molar-refractivity contribution in [3.8, 4) is 0 Å². The fraction of sp³-hybridized carbons (Fsp3) is 0.158. The lowest BCUT2D eigenvalue weighted by molar-refractivity contribution is 0.0713. The zero-order valence-corrected chi connectivity index (χ0v) is 12.5. The van der Waals surface area contributed by atoms with Gasteiger partial charge in [-0.25, -0.2) is 4.79 Å². The molecule has 0 fully saturated rings. The third-order valence-electron chi connectivity index (χ3n) is 3.69. The predicted molar refractivity (Wildman–Crippen MR) is 84.4 cm³/mol. The number of ether oxygens (including phenoxy) is 1. The number of carbonyl (C=O) groups is 2. The zero-order chi connectivity index (χ0) is 15.7. The van der Waals surface area contributed by atoms with Gasteiger partial charge in [0.2, 0.25) is 0 Å². The molecule has 0 N–H and O–H groups in total. The second-order valence-electron chi connectivity index (χ2n) is 5.53. The van der Waals surface area contributed by atoms with Crippen LogP contribution in [0.1, 0.15) is 40.1 Å². The average Bonchev–Trinajstić information content (AvgIpc) is 2.85. The number of benzene rings is 2. The highest BCUT2D eigenvalue weighted by atomic mass is 16.5. The fourth-order valence-corrected chi connectivity index (χ4v) is 2.63. The topological polar surface area (TPSA) is 43.4 Å². The molecule has 0 aliphatic carbocycles. The Bertz CT molecular complexity index is 770. The number of carbonyl (C=O) groups excluding carboxylic acids is 2. The van der Waals surface area contributed by atoms with Crippen LogP contribution >= 0.6 is 0 Å². The van der Waals surface area contributed by atoms with Crippen LogP contribution in [0.25, 0.3) is 5.76 Å². The summed E-state index contributed by atoms with van der Waals surface area (Å²) in [6.07, 6.45) is 0. The molecule has 3 rings (SSSR count). The van der Waals surface area contributed by atoms with Crippen molar-refractivity contribution in [2.24, 2.45) is 5.92 Å². The molecule has 22 heavy (non-hydrogen) atoms. The molecular formula is C19H16O3. The van der Waals surface area contributed by atoms with Crippen LogP contribution in [-0.4, -0.2) is 11.8 Å². The summed E-state index contributed by atoms with van der Waals surface area (Å²) < 4.78 is 5.42. The smallest absolute Gasteiger partial charge is 0.344 e. The van der Waals surface area contributed by atoms with E-state index in [4.69, 9.17) is 4.74 Å². The van der Waals surface area contributed by atoms with E-state index in [1.54, 1.807) is 24.3 Å². The summed E-state index contributed by atoms with van der Waals surface area (Å²) in [6, 6.07) is 16.2. The number of hydrogen-bond acceptors (Lipinski definition) is 3. The molecule has 2 aromatic rings. The second kappa shape index (κ2) is 5.60. The molecule has 0 saturated heterocycles. The van der Waals surface area contributed by atoms with Crippen molar-refractivity contribution in [2.45, 2.75) is 13.8 Å². The maximum Gasteiger partial charge on any atom is 0.344 e. The van der Waals surface area contributed by atoms with E-state index in [-0.39, 0.29) is 11.7 Å². The van der Waals surface area contributed by atoms with Gasteiger partial charge in [0.15, 0.2) is 5.78 Å². The summed E-state index contributed by atoms with van der Waals surface area (Å²) in [7, 11) is 0. The Kier molecular flexibility index (Phi) is 3.63. The largest absolute Gasteiger partial charge is 0.422 e. The van der Waals surface area contributed by atoms with Gasteiger partial charge in [-0.1, -0.05) is 62.4 Å². The summed E-state index contributed by atoms with van der Waals surface area (Å²) in [5.74, 6) is -0.161. The van der Waals surface area contributed by atoms with Gasteiger partial charge in [0.25, 0.3) is 0 Å². The Labute approximate surface area is 129 Å². The van der Waals surface area contributed by atoms with E-state index in [9.17, 15) is 9.59 Å². The molecule has 0 saturated carbocycles. The minimum Gasteiger partial charge on any atom is -0.422 e. The van der Waals surface area contributed by atoms with Crippen molar-refractivity contribution in [1.82, 2.24) is 0 Å². The number of allylic oxidation sites excluding steroid dienone is 1. The number of cyclic esters (lactones) is 1. The summed E-state index contributed by atoms with van der Waals surface area (Å²) in [5.41, 5.74) is 2.33. The molecule has 2 aromatic carbocycles. The molecule has 3 heteroatoms. The highest BCUT2D eigenvalue weighted by Crippen LogP contribution is 2.35. The minimum atomic E-state index is -0.399. The Hall–Kier alpha value is -2.68. The van der Waals surface area contributed by atoms with Crippen LogP contribution in [0.4, 0.5) is 0 Å². The van der Waals surface area contributed by atoms with Crippen molar-refractivity contribution in [3.63, 3.8) is 0 Å². The van der Waals surface area contributed by atoms with Gasteiger partial charge < -0.3 is 4.74 Å². The van der Waals surface area contributed by atoms with Crippen LogP contribution in [0.5, 0.6) is 0 Å². The van der Waals surface area contributed by atoms with Crippen LogP contribution in [-0.2, 0) is 4.74 Å². The number of hydrogen-bond donors (Lipinski definition) is 0. The van der Waals surface area contributed by atoms with Gasteiger partial charge in [-0.05, 0) is 12.0 Å². The molecule has 0 bridgehead atoms. The third kappa shape index (κ3) is 2.35. The highest BCUT2D eigenvalue weighted by molar-refractivity contribution is 6.16. The lowest BCUT2D eigenvalue weighted by Gasteiger charge is -2.13. The van der Waals surface area contributed by atoms with Gasteiger partial charge in [-0.15, -0.1) is 0 Å². The first-order valence-electron chi connectivity index (χ1n) is 7.25. The average molecular weight is 292 g/mol. The summed E-state index contributed by atoms with van der Waals surface area (Å²) >= 11 is 0. The Morgan fingerprint density at radius 2 is 1.50 bits per heavy atom. The van der Waals surface area contributed by atoms with Crippen molar-refractivity contribution in [1.29, 1.82) is 0 Å². The first-order chi connectivity index (χ1) is 10.6. The molecule has 0 spiro atoms. The first-order valence-corrected chi connectivity index (χ1v) is 7.25. The van der Waals surface area contributed by atoms with Gasteiger partial charge in [0, 0.05) is 16.7 Å². The van der Waals surface area contributed by atoms with Crippen molar-refractivity contribution in [3.05, 3.63) is 76.9 Å². The molecule has 1 aliphatic rings. The summed E-state index contributed by atoms with van der Waals surface area (Å²) in [4.78, 5) is 24.8. The normalized spacial score (nSPS) is 15.5. The van der Waals surface area contributed by atoms with Gasteiger partial charge in [-0.3, -0.25) is 4.79 Å². The van der Waals surface area contributed by atoms with E-state index in [2.05, 4.69) is 0 Å². The van der Waals surface area contributed by atoms with E-state index in [1.807, 2.05) is 44.2 Å². The van der Waals surface area contributed by atoms with Crippen LogP contribution in [0.15, 0.2) is 60.2 Å². The Morgan fingerprint density at radius 1 is 0.909 bits per heavy atom. The lowest BCUT2D eigenvalue weighted by Crippen LogP contribution is -2.12. The maximum atomic E-state index is 12.8. The molecular weight excluding hydrogens is 276 g/mol. The monoisotopic (exact) mass is 292 g/mol. The van der Waals surface area contributed by atoms with Crippen LogP contribution in [0.3, 0.4) is 0 Å². The fourth-order valence-electron chi connectivity index (χ4n) is 2.63. The van der Waals surface area contributed by atoms with Crippen molar-refractivity contribution < 1.29 is 14.3 Å². The molecule has 0 amide bonds. The summed E-state index contributed by atoms with van der Waals surface area (Å²) in [5, 5.41) is 0. The molecule has 0 unspecified atom stereocenters. The lowest BCUT2D eigenvalue weighted by atomic mass is 9.91. The van der Waals surface area contributed by atoms with E-state index >= 15 is 0 Å². The van der Waals surface area contributed by atoms with Crippen LogP contribution < -0.4 is 0 Å². The number of rotatable bonds is 3. The van der Waals surface area contributed by atoms with Crippen molar-refractivity contribution >= 4 is 17.5 Å². The highest BCUT2D eigenvalue weighted by Gasteiger charge is 2.32. The molecule has 1 heterocycles. The SMILES string of the molecule is CC(C)/C(C(=O)c1ccccc1)=C1/OC(=O)c2ccccc21. The zero-order valence-electron chi connectivity index (χ0n) is 12.5. The Balaban J connectivity index is 2.17. The number of esters is 1. The Morgan fingerprint density at radius 3 is 2.14 bits per heavy atom. The summed E-state index contributed by atoms with van der Waals surface area (Å²) in [6.45, 7) is 3.86. The van der Waals surface area contributed by atoms with Gasteiger partial charge in [-0.2, -0.15) is 0 Å². The molecule has 1 aliphatic heterocycles. The molecule has 0 atom stereocenters. The quantitative estimate of drug-likeness (QED) is 0.486. The van der Waals surface area contributed by atoms with E-state index in [0.717, 1.165) is 0 Å². The molecule has 0 radical (unpaired) electrons. The van der Waals surface area contributed by atoms with E-state index in [0.29, 0.717) is 28.0 Å². The molecule has 0 aromatic heterocycles. The van der Waals surface area contributed by atoms with Gasteiger partial charge in [0.1, 0.15) is 5.76 Å². The number of ketones is 1. The van der Waals surface area contributed by atoms with E-state index in [1.165, 1.54) is 0 Å². The third-order valence-corrected chi connectivity index (χ3v) is 3.69. The first kappa shape index (κ1) is 14.3. The second-order valence-corrected chi connectivity index (χ2v) is 5.53. The van der Waals surface area contributed by atoms with Crippen LogP contribution in [0, 0.1) is 5.92 Å². The van der Waals surface area contributed by atoms with E-state index < -0.39 is 5.97 Å². The van der Waals surface area contributed by atoms with Gasteiger partial charge in [0.05, 0.1) is 5.56 Å². The van der Waals surface area contributed by atoms with Gasteiger partial charge >= 0.3 is 5.97 Å². The minimum absolute atomic E-state index is 0.0540.